The van der Waals surface area contributed by atoms with E-state index in [0.29, 0.717) is 10.8 Å². The van der Waals surface area contributed by atoms with Gasteiger partial charge in [0.2, 0.25) is 0 Å². The fourth-order valence-electron chi connectivity index (χ4n) is 0.637. The quantitative estimate of drug-likeness (QED) is 0.490. The first kappa shape index (κ1) is 7.31. The van der Waals surface area contributed by atoms with Crippen LogP contribution >= 0.6 is 11.6 Å². The van der Waals surface area contributed by atoms with Gasteiger partial charge in [-0.25, -0.2) is 10.8 Å². The number of pyridine rings is 1. The number of hydrogen-bond donors (Lipinski definition) is 1. The van der Waals surface area contributed by atoms with Crippen molar-refractivity contribution >= 4 is 17.4 Å². The summed E-state index contributed by atoms with van der Waals surface area (Å²) in [7, 11) is 1.69. The summed E-state index contributed by atoms with van der Waals surface area (Å²) in [5.74, 6) is 5.99. The lowest BCUT2D eigenvalue weighted by Crippen LogP contribution is -2.26. The molecule has 4 heteroatoms. The second-order valence-electron chi connectivity index (χ2n) is 1.92. The molecule has 1 aromatic heterocycles. The van der Waals surface area contributed by atoms with Crippen LogP contribution in [0.25, 0.3) is 0 Å². The number of nitrogens with zero attached hydrogens (tertiary/aromatic N) is 2. The molecule has 0 amide bonds. The Morgan fingerprint density at radius 2 is 2.40 bits per heavy atom. The Hall–Kier alpha value is -0.800. The summed E-state index contributed by atoms with van der Waals surface area (Å²) in [6.45, 7) is 0. The van der Waals surface area contributed by atoms with Crippen LogP contribution in [0.3, 0.4) is 0 Å². The highest BCUT2D eigenvalue weighted by Gasteiger charge is 2.00. The molecule has 0 saturated heterocycles. The van der Waals surface area contributed by atoms with Crippen molar-refractivity contribution in [3.8, 4) is 0 Å². The van der Waals surface area contributed by atoms with Gasteiger partial charge in [-0.05, 0) is 12.1 Å². The van der Waals surface area contributed by atoms with Crippen molar-refractivity contribution < 1.29 is 0 Å². The number of anilines is 1. The van der Waals surface area contributed by atoms with Crippen LogP contribution in [-0.2, 0) is 0 Å². The minimum absolute atomic E-state index is 0.563. The van der Waals surface area contributed by atoms with Gasteiger partial charge in [-0.2, -0.15) is 0 Å². The highest BCUT2D eigenvalue weighted by molar-refractivity contribution is 6.32. The Labute approximate surface area is 64.4 Å². The van der Waals surface area contributed by atoms with Gasteiger partial charge in [0, 0.05) is 13.2 Å². The summed E-state index contributed by atoms with van der Waals surface area (Å²) in [5.41, 5.74) is 0. The number of hydrogen-bond acceptors (Lipinski definition) is 3. The van der Waals surface area contributed by atoms with E-state index in [1.165, 1.54) is 5.01 Å². The molecular formula is C6H8ClN3. The Balaban J connectivity index is 3.03. The average Bonchev–Trinajstić information content (AvgIpc) is 1.88. The summed E-state index contributed by atoms with van der Waals surface area (Å²) < 4.78 is 0. The van der Waals surface area contributed by atoms with Crippen molar-refractivity contribution in [1.29, 1.82) is 0 Å². The van der Waals surface area contributed by atoms with Gasteiger partial charge in [-0.15, -0.1) is 0 Å². The van der Waals surface area contributed by atoms with Crippen molar-refractivity contribution in [2.45, 2.75) is 0 Å². The van der Waals surface area contributed by atoms with Crippen LogP contribution in [0.2, 0.25) is 5.02 Å². The highest BCUT2D eigenvalue weighted by atomic mass is 35.5. The summed E-state index contributed by atoms with van der Waals surface area (Å²) in [5, 5.41) is 1.94. The highest BCUT2D eigenvalue weighted by Crippen LogP contribution is 2.18. The van der Waals surface area contributed by atoms with Gasteiger partial charge in [0.1, 0.15) is 0 Å². The lowest BCUT2D eigenvalue weighted by atomic mass is 10.4. The van der Waals surface area contributed by atoms with E-state index < -0.39 is 0 Å². The van der Waals surface area contributed by atoms with Gasteiger partial charge < -0.3 is 0 Å². The Morgan fingerprint density at radius 1 is 1.70 bits per heavy atom. The second kappa shape index (κ2) is 2.86. The second-order valence-corrected chi connectivity index (χ2v) is 2.33. The lowest BCUT2D eigenvalue weighted by molar-refractivity contribution is 0.978. The first-order valence-electron chi connectivity index (χ1n) is 2.81. The number of hydrazine groups is 1. The van der Waals surface area contributed by atoms with Crippen molar-refractivity contribution in [1.82, 2.24) is 4.98 Å². The topological polar surface area (TPSA) is 42.1 Å². The molecule has 0 saturated carbocycles. The minimum Gasteiger partial charge on any atom is -0.297 e. The molecule has 0 aliphatic carbocycles. The number of aromatic nitrogens is 1. The third kappa shape index (κ3) is 1.37. The molecule has 1 heterocycles. The Morgan fingerprint density at radius 3 is 2.80 bits per heavy atom. The first-order valence-corrected chi connectivity index (χ1v) is 3.18. The number of halogens is 1. The maximum absolute atomic E-state index is 5.74. The zero-order chi connectivity index (χ0) is 7.56. The zero-order valence-electron chi connectivity index (χ0n) is 5.58. The maximum atomic E-state index is 5.74. The summed E-state index contributed by atoms with van der Waals surface area (Å²) in [4.78, 5) is 3.95. The molecule has 0 fully saturated rings. The monoisotopic (exact) mass is 157 g/mol. The van der Waals surface area contributed by atoms with Crippen LogP contribution in [0.5, 0.6) is 0 Å². The molecule has 1 rings (SSSR count). The summed E-state index contributed by atoms with van der Waals surface area (Å²) >= 11 is 5.74. The predicted molar refractivity (Wildman–Crippen MR) is 41.8 cm³/mol. The van der Waals surface area contributed by atoms with Crippen LogP contribution in [0.1, 0.15) is 0 Å². The first-order chi connectivity index (χ1) is 4.72. The minimum atomic E-state index is 0.563. The molecule has 0 aliphatic rings. The SMILES string of the molecule is CN(N)c1ncccc1Cl. The van der Waals surface area contributed by atoms with Gasteiger partial charge in [-0.3, -0.25) is 5.01 Å². The van der Waals surface area contributed by atoms with Crippen LogP contribution in [0.4, 0.5) is 5.82 Å². The van der Waals surface area contributed by atoms with E-state index in [2.05, 4.69) is 4.98 Å². The van der Waals surface area contributed by atoms with Gasteiger partial charge in [-0.1, -0.05) is 11.6 Å². The molecule has 10 heavy (non-hydrogen) atoms. The third-order valence-corrected chi connectivity index (χ3v) is 1.37. The van der Waals surface area contributed by atoms with Crippen molar-refractivity contribution in [3.05, 3.63) is 23.4 Å². The Kier molecular flexibility index (Phi) is 2.09. The molecule has 1 aromatic rings. The molecule has 0 bridgehead atoms. The van der Waals surface area contributed by atoms with Gasteiger partial charge in [0.15, 0.2) is 5.82 Å². The van der Waals surface area contributed by atoms with Crippen molar-refractivity contribution in [2.75, 3.05) is 12.1 Å². The summed E-state index contributed by atoms with van der Waals surface area (Å²) in [6.07, 6.45) is 1.64. The molecule has 0 radical (unpaired) electrons. The van der Waals surface area contributed by atoms with Gasteiger partial charge >= 0.3 is 0 Å². The number of rotatable bonds is 1. The molecule has 0 atom stereocenters. The maximum Gasteiger partial charge on any atom is 0.161 e. The largest absolute Gasteiger partial charge is 0.297 e. The third-order valence-electron chi connectivity index (χ3n) is 1.07. The molecule has 0 spiro atoms. The van der Waals surface area contributed by atoms with Crippen LogP contribution < -0.4 is 10.9 Å². The molecule has 3 nitrogen and oxygen atoms in total. The fraction of sp³-hybridized carbons (Fsp3) is 0.167. The van der Waals surface area contributed by atoms with Gasteiger partial charge in [0.05, 0.1) is 5.02 Å². The van der Waals surface area contributed by atoms with E-state index in [4.69, 9.17) is 17.4 Å². The van der Waals surface area contributed by atoms with Crippen LogP contribution in [0, 0.1) is 0 Å². The van der Waals surface area contributed by atoms with Crippen molar-refractivity contribution in [2.24, 2.45) is 5.84 Å². The smallest absolute Gasteiger partial charge is 0.161 e. The lowest BCUT2D eigenvalue weighted by Gasteiger charge is -2.10. The van der Waals surface area contributed by atoms with Crippen LogP contribution in [0.15, 0.2) is 18.3 Å². The van der Waals surface area contributed by atoms with E-state index in [0.717, 1.165) is 0 Å². The molecular weight excluding hydrogens is 150 g/mol. The number of nitrogens with two attached hydrogens (primary N) is 1. The van der Waals surface area contributed by atoms with E-state index in [-0.39, 0.29) is 0 Å². The van der Waals surface area contributed by atoms with E-state index >= 15 is 0 Å². The average molecular weight is 158 g/mol. The van der Waals surface area contributed by atoms with Crippen molar-refractivity contribution in [3.63, 3.8) is 0 Å². The fourth-order valence-corrected chi connectivity index (χ4v) is 0.892. The predicted octanol–water partition coefficient (Wildman–Crippen LogP) is 1.04. The van der Waals surface area contributed by atoms with E-state index in [1.807, 2.05) is 0 Å². The molecule has 54 valence electrons. The van der Waals surface area contributed by atoms with E-state index in [1.54, 1.807) is 25.4 Å². The molecule has 0 aromatic carbocycles. The zero-order valence-corrected chi connectivity index (χ0v) is 6.34. The van der Waals surface area contributed by atoms with Crippen LogP contribution in [-0.4, -0.2) is 12.0 Å². The molecule has 2 N–H and O–H groups in total. The van der Waals surface area contributed by atoms with Gasteiger partial charge in [0.25, 0.3) is 0 Å². The summed E-state index contributed by atoms with van der Waals surface area (Å²) in [6, 6.07) is 3.50. The molecule has 0 unspecified atom stereocenters. The Bertz CT molecular complexity index is 224. The normalized spacial score (nSPS) is 9.50. The standard InChI is InChI=1S/C6H8ClN3/c1-10(8)6-5(7)3-2-4-9-6/h2-4H,8H2,1H3. The van der Waals surface area contributed by atoms with E-state index in [9.17, 15) is 0 Å². The molecule has 0 aliphatic heterocycles.